The molecule has 0 aliphatic carbocycles. The van der Waals surface area contributed by atoms with Gasteiger partial charge >= 0.3 is 12.2 Å². The number of amides is 2. The van der Waals surface area contributed by atoms with Crippen LogP contribution < -0.4 is 15.0 Å². The number of hydrogen-bond donors (Lipinski definition) is 1. The fourth-order valence-electron chi connectivity index (χ4n) is 4.31. The van der Waals surface area contributed by atoms with E-state index in [1.165, 1.54) is 18.1 Å². The lowest BCUT2D eigenvalue weighted by molar-refractivity contribution is -0.138. The van der Waals surface area contributed by atoms with Gasteiger partial charge in [0.05, 0.1) is 12.7 Å². The van der Waals surface area contributed by atoms with Gasteiger partial charge in [0.2, 0.25) is 0 Å². The van der Waals surface area contributed by atoms with Crippen LogP contribution in [-0.2, 0) is 19.1 Å². The Kier molecular flexibility index (Phi) is 5.39. The van der Waals surface area contributed by atoms with Crippen LogP contribution in [0, 0.1) is 0 Å². The van der Waals surface area contributed by atoms with E-state index in [0.717, 1.165) is 22.5 Å². The summed E-state index contributed by atoms with van der Waals surface area (Å²) in [5.41, 5.74) is 2.62. The summed E-state index contributed by atoms with van der Waals surface area (Å²) in [6.45, 7) is 0.952. The van der Waals surface area contributed by atoms with Crippen LogP contribution in [0.2, 0.25) is 0 Å². The molecule has 1 aliphatic rings. The summed E-state index contributed by atoms with van der Waals surface area (Å²) in [6, 6.07) is 13.3. The number of carbonyl (C=O) groups is 1. The zero-order chi connectivity index (χ0) is 23.9. The first-order valence-corrected chi connectivity index (χ1v) is 10.7. The zero-order valence-corrected chi connectivity index (χ0v) is 18.3. The number of rotatable bonds is 4. The maximum Gasteiger partial charge on any atom is 0.420 e. The van der Waals surface area contributed by atoms with Gasteiger partial charge < -0.3 is 14.6 Å². The highest BCUT2D eigenvalue weighted by Crippen LogP contribution is 2.42. The maximum atomic E-state index is 13.5. The number of methoxy groups -OCH3 is 1. The standard InChI is InChI=1S/C25H21F3N4O2/c1-34-23-12-18-7-10-32(22(18)13-20(23)25(26,27)28)24(33)30-19-4-5-21-17(11-19)6-9-31(21)15-16-3-2-8-29-14-16/h2-6,8-9,11-14H,7,10,15H2,1H3,(H,30,33). The molecule has 34 heavy (non-hydrogen) atoms. The third kappa shape index (κ3) is 4.05. The monoisotopic (exact) mass is 466 g/mol. The van der Waals surface area contributed by atoms with Crippen LogP contribution >= 0.6 is 0 Å². The second-order valence-corrected chi connectivity index (χ2v) is 8.09. The van der Waals surface area contributed by atoms with E-state index in [-0.39, 0.29) is 18.0 Å². The van der Waals surface area contributed by atoms with E-state index in [2.05, 4.69) is 14.9 Å². The van der Waals surface area contributed by atoms with Crippen molar-refractivity contribution in [3.63, 3.8) is 0 Å². The molecule has 0 atom stereocenters. The highest BCUT2D eigenvalue weighted by atomic mass is 19.4. The lowest BCUT2D eigenvalue weighted by atomic mass is 10.1. The minimum Gasteiger partial charge on any atom is -0.496 e. The van der Waals surface area contributed by atoms with Gasteiger partial charge in [0.15, 0.2) is 0 Å². The van der Waals surface area contributed by atoms with Crippen LogP contribution in [0.25, 0.3) is 10.9 Å². The second-order valence-electron chi connectivity index (χ2n) is 8.09. The number of anilines is 2. The molecule has 0 saturated carbocycles. The number of carbonyl (C=O) groups excluding carboxylic acids is 1. The van der Waals surface area contributed by atoms with Crippen LogP contribution in [0.15, 0.2) is 67.1 Å². The minimum atomic E-state index is -4.58. The molecule has 4 aromatic rings. The zero-order valence-electron chi connectivity index (χ0n) is 18.3. The molecule has 174 valence electrons. The summed E-state index contributed by atoms with van der Waals surface area (Å²) in [5.74, 6) is -0.241. The summed E-state index contributed by atoms with van der Waals surface area (Å²) in [5, 5.41) is 3.76. The van der Waals surface area contributed by atoms with E-state index in [1.54, 1.807) is 12.3 Å². The number of pyridine rings is 1. The molecular formula is C25H21F3N4O2. The van der Waals surface area contributed by atoms with Gasteiger partial charge in [-0.3, -0.25) is 9.88 Å². The molecule has 1 N–H and O–H groups in total. The van der Waals surface area contributed by atoms with Gasteiger partial charge in [-0.05, 0) is 60.0 Å². The first kappa shape index (κ1) is 21.8. The normalized spacial score (nSPS) is 13.2. The van der Waals surface area contributed by atoms with Crippen molar-refractivity contribution in [3.05, 3.63) is 83.8 Å². The smallest absolute Gasteiger partial charge is 0.420 e. The lowest BCUT2D eigenvalue weighted by Crippen LogP contribution is -2.33. The fraction of sp³-hybridized carbons (Fsp3) is 0.200. The molecule has 0 radical (unpaired) electrons. The topological polar surface area (TPSA) is 59.4 Å². The molecule has 0 fully saturated rings. The van der Waals surface area contributed by atoms with Crippen molar-refractivity contribution in [2.45, 2.75) is 19.1 Å². The van der Waals surface area contributed by atoms with Gasteiger partial charge in [-0.25, -0.2) is 4.79 Å². The van der Waals surface area contributed by atoms with Crippen LogP contribution in [-0.4, -0.2) is 29.2 Å². The first-order valence-electron chi connectivity index (χ1n) is 10.7. The summed E-state index contributed by atoms with van der Waals surface area (Å²) in [7, 11) is 1.20. The fourth-order valence-corrected chi connectivity index (χ4v) is 4.31. The highest BCUT2D eigenvalue weighted by Gasteiger charge is 2.37. The molecule has 3 heterocycles. The van der Waals surface area contributed by atoms with Gasteiger partial charge in [-0.15, -0.1) is 0 Å². The predicted octanol–water partition coefficient (Wildman–Crippen LogP) is 5.71. The van der Waals surface area contributed by atoms with Crippen molar-refractivity contribution >= 4 is 28.3 Å². The molecule has 1 aliphatic heterocycles. The van der Waals surface area contributed by atoms with Gasteiger partial charge in [-0.2, -0.15) is 13.2 Å². The van der Waals surface area contributed by atoms with E-state index in [1.807, 2.05) is 42.7 Å². The number of nitrogens with one attached hydrogen (secondary N) is 1. The number of urea groups is 1. The van der Waals surface area contributed by atoms with E-state index < -0.39 is 17.8 Å². The Balaban J connectivity index is 1.37. The Bertz CT molecular complexity index is 1370. The Morgan fingerprint density at radius 3 is 2.76 bits per heavy atom. The van der Waals surface area contributed by atoms with Gasteiger partial charge in [0.25, 0.3) is 0 Å². The van der Waals surface area contributed by atoms with E-state index >= 15 is 0 Å². The number of aromatic nitrogens is 2. The average molecular weight is 466 g/mol. The van der Waals surface area contributed by atoms with Crippen LogP contribution in [0.1, 0.15) is 16.7 Å². The summed E-state index contributed by atoms with van der Waals surface area (Å²) >= 11 is 0. The largest absolute Gasteiger partial charge is 0.496 e. The van der Waals surface area contributed by atoms with E-state index in [4.69, 9.17) is 4.74 Å². The summed E-state index contributed by atoms with van der Waals surface area (Å²) < 4.78 is 47.4. The minimum absolute atomic E-state index is 0.241. The molecule has 2 aromatic heterocycles. The van der Waals surface area contributed by atoms with Crippen LogP contribution in [0.4, 0.5) is 29.3 Å². The predicted molar refractivity (Wildman–Crippen MR) is 123 cm³/mol. The van der Waals surface area contributed by atoms with Crippen molar-refractivity contribution in [2.24, 2.45) is 0 Å². The first-order chi connectivity index (χ1) is 16.3. The lowest BCUT2D eigenvalue weighted by Gasteiger charge is -2.20. The van der Waals surface area contributed by atoms with Crippen LogP contribution in [0.5, 0.6) is 5.75 Å². The quantitative estimate of drug-likeness (QED) is 0.419. The Labute approximate surface area is 193 Å². The number of nitrogens with zero attached hydrogens (tertiary/aromatic N) is 3. The molecule has 5 rings (SSSR count). The summed E-state index contributed by atoms with van der Waals surface area (Å²) in [4.78, 5) is 18.4. The number of ether oxygens (including phenoxy) is 1. The molecule has 2 amide bonds. The Morgan fingerprint density at radius 1 is 1.18 bits per heavy atom. The number of benzene rings is 2. The van der Waals surface area contributed by atoms with Crippen molar-refractivity contribution in [1.82, 2.24) is 9.55 Å². The average Bonchev–Trinajstić information content (AvgIpc) is 3.42. The molecular weight excluding hydrogens is 445 g/mol. The molecule has 0 bridgehead atoms. The van der Waals surface area contributed by atoms with Gasteiger partial charge in [0, 0.05) is 54.0 Å². The van der Waals surface area contributed by atoms with Gasteiger partial charge in [-0.1, -0.05) is 6.07 Å². The van der Waals surface area contributed by atoms with Gasteiger partial charge in [0.1, 0.15) is 5.75 Å². The van der Waals surface area contributed by atoms with Crippen molar-refractivity contribution in [3.8, 4) is 5.75 Å². The number of alkyl halides is 3. The second kappa shape index (κ2) is 8.40. The third-order valence-corrected chi connectivity index (χ3v) is 5.94. The number of fused-ring (bicyclic) bond motifs is 2. The molecule has 6 nitrogen and oxygen atoms in total. The molecule has 0 spiro atoms. The molecule has 0 saturated heterocycles. The maximum absolute atomic E-state index is 13.5. The Morgan fingerprint density at radius 2 is 2.03 bits per heavy atom. The van der Waals surface area contributed by atoms with E-state index in [9.17, 15) is 18.0 Å². The molecule has 9 heteroatoms. The van der Waals surface area contributed by atoms with Crippen molar-refractivity contribution in [1.29, 1.82) is 0 Å². The SMILES string of the molecule is COc1cc2c(cc1C(F)(F)F)N(C(=O)Nc1ccc3c(ccn3Cc3cccnc3)c1)CC2. The Hall–Kier alpha value is -4.01. The van der Waals surface area contributed by atoms with E-state index in [0.29, 0.717) is 24.2 Å². The van der Waals surface area contributed by atoms with Crippen LogP contribution in [0.3, 0.4) is 0 Å². The van der Waals surface area contributed by atoms with Crippen molar-refractivity contribution < 1.29 is 22.7 Å². The molecule has 2 aromatic carbocycles. The third-order valence-electron chi connectivity index (χ3n) is 5.94. The highest BCUT2D eigenvalue weighted by molar-refractivity contribution is 6.04. The number of hydrogen-bond acceptors (Lipinski definition) is 3. The summed E-state index contributed by atoms with van der Waals surface area (Å²) in [6.07, 6.45) is 1.37. The number of halogens is 3. The molecule has 0 unspecified atom stereocenters. The van der Waals surface area contributed by atoms with Crippen molar-refractivity contribution in [2.75, 3.05) is 23.9 Å².